The van der Waals surface area contributed by atoms with Crippen LogP contribution in [0.2, 0.25) is 0 Å². The Balaban J connectivity index is 1.92. The summed E-state index contributed by atoms with van der Waals surface area (Å²) in [7, 11) is 1.70. The molecule has 6 heteroatoms. The van der Waals surface area contributed by atoms with E-state index in [9.17, 15) is 15.0 Å². The molecule has 1 aromatic rings. The van der Waals surface area contributed by atoms with Crippen molar-refractivity contribution in [3.05, 3.63) is 23.8 Å². The Morgan fingerprint density at radius 1 is 1.35 bits per heavy atom. The van der Waals surface area contributed by atoms with E-state index in [0.29, 0.717) is 6.54 Å². The average Bonchev–Trinajstić information content (AvgIpc) is 2.47. The van der Waals surface area contributed by atoms with Crippen molar-refractivity contribution in [1.82, 2.24) is 15.1 Å². The molecule has 1 amide bonds. The summed E-state index contributed by atoms with van der Waals surface area (Å²) in [6, 6.07) is 3.97. The van der Waals surface area contributed by atoms with Gasteiger partial charge in [-0.05, 0) is 18.2 Å². The number of carbonyl (C=O) groups is 1. The number of amides is 1. The topological polar surface area (TPSA) is 76.0 Å². The van der Waals surface area contributed by atoms with Crippen molar-refractivity contribution in [2.45, 2.75) is 0 Å². The standard InChI is InChI=1S/C14H21N3O3/c1-16(8-9-17-6-4-15-5-7-17)14(20)12-10-11(18)2-3-13(12)19/h2-3,10,15,18-19H,4-9H2,1H3. The highest BCUT2D eigenvalue weighted by atomic mass is 16.3. The van der Waals surface area contributed by atoms with E-state index < -0.39 is 0 Å². The van der Waals surface area contributed by atoms with E-state index in [1.807, 2.05) is 0 Å². The molecule has 1 saturated heterocycles. The van der Waals surface area contributed by atoms with E-state index in [1.165, 1.54) is 18.2 Å². The van der Waals surface area contributed by atoms with Crippen LogP contribution in [-0.2, 0) is 0 Å². The number of likely N-dealkylation sites (N-methyl/N-ethyl adjacent to an activating group) is 1. The Bertz CT molecular complexity index is 473. The second-order valence-electron chi connectivity index (χ2n) is 5.02. The minimum absolute atomic E-state index is 0.0262. The molecule has 1 aliphatic heterocycles. The summed E-state index contributed by atoms with van der Waals surface area (Å²) in [5, 5.41) is 22.4. The summed E-state index contributed by atoms with van der Waals surface area (Å²) in [5.74, 6) is -0.419. The third-order valence-corrected chi connectivity index (χ3v) is 3.52. The molecule has 110 valence electrons. The number of benzene rings is 1. The molecule has 0 saturated carbocycles. The van der Waals surface area contributed by atoms with Crippen molar-refractivity contribution in [2.75, 3.05) is 46.3 Å². The number of piperazine rings is 1. The average molecular weight is 279 g/mol. The van der Waals surface area contributed by atoms with Gasteiger partial charge in [0.1, 0.15) is 11.5 Å². The zero-order valence-electron chi connectivity index (χ0n) is 11.7. The monoisotopic (exact) mass is 279 g/mol. The second-order valence-corrected chi connectivity index (χ2v) is 5.02. The maximum Gasteiger partial charge on any atom is 0.257 e. The molecule has 0 aliphatic carbocycles. The van der Waals surface area contributed by atoms with Gasteiger partial charge in [-0.15, -0.1) is 0 Å². The molecule has 1 aliphatic rings. The van der Waals surface area contributed by atoms with Crippen LogP contribution in [-0.4, -0.2) is 72.2 Å². The molecule has 0 spiro atoms. The maximum absolute atomic E-state index is 12.2. The fourth-order valence-corrected chi connectivity index (χ4v) is 2.23. The van der Waals surface area contributed by atoms with Crippen LogP contribution in [0.3, 0.4) is 0 Å². The molecule has 1 aromatic carbocycles. The zero-order chi connectivity index (χ0) is 14.5. The summed E-state index contributed by atoms with van der Waals surface area (Å²) in [4.78, 5) is 16.1. The molecule has 2 rings (SSSR count). The van der Waals surface area contributed by atoms with Gasteiger partial charge in [-0.2, -0.15) is 0 Å². The molecule has 0 radical (unpaired) electrons. The van der Waals surface area contributed by atoms with Crippen LogP contribution in [0.15, 0.2) is 18.2 Å². The smallest absolute Gasteiger partial charge is 0.257 e. The minimum Gasteiger partial charge on any atom is -0.508 e. The third-order valence-electron chi connectivity index (χ3n) is 3.52. The van der Waals surface area contributed by atoms with E-state index in [2.05, 4.69) is 10.2 Å². The van der Waals surface area contributed by atoms with Crippen LogP contribution in [0.4, 0.5) is 0 Å². The second kappa shape index (κ2) is 6.58. The van der Waals surface area contributed by atoms with E-state index in [1.54, 1.807) is 11.9 Å². The lowest BCUT2D eigenvalue weighted by molar-refractivity contribution is 0.0771. The predicted octanol–water partition coefficient (Wildman–Crippen LogP) is 0.0750. The summed E-state index contributed by atoms with van der Waals surface area (Å²) in [6.45, 7) is 5.33. The van der Waals surface area contributed by atoms with Gasteiger partial charge in [0, 0.05) is 46.3 Å². The fraction of sp³-hybridized carbons (Fsp3) is 0.500. The highest BCUT2D eigenvalue weighted by Gasteiger charge is 2.17. The highest BCUT2D eigenvalue weighted by molar-refractivity contribution is 5.97. The Morgan fingerprint density at radius 3 is 2.75 bits per heavy atom. The quantitative estimate of drug-likeness (QED) is 0.680. The van der Waals surface area contributed by atoms with Crippen molar-refractivity contribution < 1.29 is 15.0 Å². The first-order valence-corrected chi connectivity index (χ1v) is 6.78. The van der Waals surface area contributed by atoms with Gasteiger partial charge in [-0.3, -0.25) is 9.69 Å². The number of nitrogens with one attached hydrogen (secondary N) is 1. The molecule has 0 unspecified atom stereocenters. The Kier molecular flexibility index (Phi) is 4.81. The summed E-state index contributed by atoms with van der Waals surface area (Å²) in [5.41, 5.74) is 0.132. The number of hydrogen-bond acceptors (Lipinski definition) is 5. The van der Waals surface area contributed by atoms with Crippen LogP contribution in [0, 0.1) is 0 Å². The number of aromatic hydroxyl groups is 2. The van der Waals surface area contributed by atoms with E-state index >= 15 is 0 Å². The molecular formula is C14H21N3O3. The summed E-state index contributed by atoms with van der Waals surface area (Å²) < 4.78 is 0. The predicted molar refractivity (Wildman–Crippen MR) is 76.0 cm³/mol. The molecule has 3 N–H and O–H groups in total. The SMILES string of the molecule is CN(CCN1CCNCC1)C(=O)c1cc(O)ccc1O. The van der Waals surface area contributed by atoms with Gasteiger partial charge in [0.25, 0.3) is 5.91 Å². The first kappa shape index (κ1) is 14.6. The number of phenols is 2. The minimum atomic E-state index is -0.284. The van der Waals surface area contributed by atoms with Gasteiger partial charge in [-0.25, -0.2) is 0 Å². The van der Waals surface area contributed by atoms with Crippen molar-refractivity contribution in [2.24, 2.45) is 0 Å². The number of phenolic OH excluding ortho intramolecular Hbond substituents is 2. The third kappa shape index (κ3) is 3.61. The van der Waals surface area contributed by atoms with Gasteiger partial charge in [0.2, 0.25) is 0 Å². The normalized spacial score (nSPS) is 16.1. The zero-order valence-corrected chi connectivity index (χ0v) is 11.7. The fourth-order valence-electron chi connectivity index (χ4n) is 2.23. The Hall–Kier alpha value is -1.79. The first-order valence-electron chi connectivity index (χ1n) is 6.78. The summed E-state index contributed by atoms with van der Waals surface area (Å²) >= 11 is 0. The lowest BCUT2D eigenvalue weighted by Crippen LogP contribution is -2.46. The van der Waals surface area contributed by atoms with Crippen LogP contribution in [0.1, 0.15) is 10.4 Å². The number of hydrogen-bond donors (Lipinski definition) is 3. The van der Waals surface area contributed by atoms with Crippen molar-refractivity contribution in [1.29, 1.82) is 0 Å². The number of rotatable bonds is 4. The van der Waals surface area contributed by atoms with Crippen molar-refractivity contribution in [3.63, 3.8) is 0 Å². The van der Waals surface area contributed by atoms with Gasteiger partial charge >= 0.3 is 0 Å². The van der Waals surface area contributed by atoms with Gasteiger partial charge in [0.05, 0.1) is 5.56 Å². The molecule has 20 heavy (non-hydrogen) atoms. The summed E-state index contributed by atoms with van der Waals surface area (Å²) in [6.07, 6.45) is 0. The number of carbonyl (C=O) groups excluding carboxylic acids is 1. The lowest BCUT2D eigenvalue weighted by atomic mass is 10.1. The molecular weight excluding hydrogens is 258 g/mol. The van der Waals surface area contributed by atoms with Crippen molar-refractivity contribution in [3.8, 4) is 11.5 Å². The van der Waals surface area contributed by atoms with Gasteiger partial charge in [-0.1, -0.05) is 0 Å². The van der Waals surface area contributed by atoms with E-state index in [4.69, 9.17) is 0 Å². The largest absolute Gasteiger partial charge is 0.508 e. The number of nitrogens with zero attached hydrogens (tertiary/aromatic N) is 2. The Morgan fingerprint density at radius 2 is 2.05 bits per heavy atom. The molecule has 1 fully saturated rings. The van der Waals surface area contributed by atoms with Crippen LogP contribution in [0.5, 0.6) is 11.5 Å². The molecule has 0 aromatic heterocycles. The maximum atomic E-state index is 12.2. The van der Waals surface area contributed by atoms with Gasteiger partial charge < -0.3 is 20.4 Å². The molecule has 0 bridgehead atoms. The molecule has 0 atom stereocenters. The lowest BCUT2D eigenvalue weighted by Gasteiger charge is -2.29. The van der Waals surface area contributed by atoms with Crippen LogP contribution < -0.4 is 5.32 Å². The molecule has 1 heterocycles. The first-order chi connectivity index (χ1) is 9.58. The highest BCUT2D eigenvalue weighted by Crippen LogP contribution is 2.23. The van der Waals surface area contributed by atoms with Crippen molar-refractivity contribution >= 4 is 5.91 Å². The van der Waals surface area contributed by atoms with Crippen LogP contribution in [0.25, 0.3) is 0 Å². The Labute approximate surface area is 118 Å². The van der Waals surface area contributed by atoms with Gasteiger partial charge in [0.15, 0.2) is 0 Å². The van der Waals surface area contributed by atoms with E-state index in [-0.39, 0.29) is 23.0 Å². The molecule has 6 nitrogen and oxygen atoms in total. The van der Waals surface area contributed by atoms with Crippen LogP contribution >= 0.6 is 0 Å². The van der Waals surface area contributed by atoms with E-state index in [0.717, 1.165) is 32.7 Å².